The fourth-order valence-electron chi connectivity index (χ4n) is 3.95. The molecule has 7 heteroatoms. The van der Waals surface area contributed by atoms with E-state index in [0.29, 0.717) is 5.56 Å². The highest BCUT2D eigenvalue weighted by molar-refractivity contribution is 5.85. The Hall–Kier alpha value is -2.62. The Labute approximate surface area is 171 Å². The van der Waals surface area contributed by atoms with Crippen molar-refractivity contribution in [1.29, 1.82) is 5.26 Å². The molecule has 3 heterocycles. The van der Waals surface area contributed by atoms with E-state index in [4.69, 9.17) is 16.0 Å². The lowest BCUT2D eigenvalue weighted by Gasteiger charge is -2.33. The topological polar surface area (TPSA) is 83.8 Å². The molecule has 1 unspecified atom stereocenters. The summed E-state index contributed by atoms with van der Waals surface area (Å²) in [5.41, 5.74) is 9.85. The zero-order valence-corrected chi connectivity index (χ0v) is 16.8. The molecule has 1 aliphatic heterocycles. The molecule has 0 aliphatic carbocycles. The van der Waals surface area contributed by atoms with Gasteiger partial charge in [-0.1, -0.05) is 19.1 Å². The van der Waals surface area contributed by atoms with Gasteiger partial charge in [0, 0.05) is 25.3 Å². The van der Waals surface area contributed by atoms with Crippen LogP contribution in [0.3, 0.4) is 0 Å². The fourth-order valence-corrected chi connectivity index (χ4v) is 3.95. The number of halogens is 1. The van der Waals surface area contributed by atoms with Gasteiger partial charge in [0.1, 0.15) is 6.07 Å². The number of hydrogen-bond donors (Lipinski definition) is 1. The number of hydrogen-bond acceptors (Lipinski definition) is 5. The lowest BCUT2D eigenvalue weighted by atomic mass is 10.1. The fraction of sp³-hybridized carbons (Fsp3) is 0.381. The second kappa shape index (κ2) is 8.59. The maximum Gasteiger partial charge on any atom is 0.207 e. The third kappa shape index (κ3) is 3.68. The first-order chi connectivity index (χ1) is 13.2. The number of nitrogens with zero attached hydrogens (tertiary/aromatic N) is 5. The van der Waals surface area contributed by atoms with E-state index in [9.17, 15) is 0 Å². The van der Waals surface area contributed by atoms with Gasteiger partial charge >= 0.3 is 0 Å². The molecule has 6 nitrogen and oxygen atoms in total. The average molecular weight is 397 g/mol. The number of para-hydroxylation sites is 2. The van der Waals surface area contributed by atoms with E-state index in [1.165, 1.54) is 0 Å². The minimum Gasteiger partial charge on any atom is -0.341 e. The lowest BCUT2D eigenvalue weighted by molar-refractivity contribution is 0.482. The van der Waals surface area contributed by atoms with Gasteiger partial charge < -0.3 is 15.2 Å². The molecule has 28 heavy (non-hydrogen) atoms. The number of benzene rings is 1. The van der Waals surface area contributed by atoms with Crippen molar-refractivity contribution in [2.75, 3.05) is 18.0 Å². The minimum absolute atomic E-state index is 0. The Morgan fingerprint density at radius 3 is 2.79 bits per heavy atom. The van der Waals surface area contributed by atoms with Gasteiger partial charge in [0.15, 0.2) is 0 Å². The van der Waals surface area contributed by atoms with Crippen LogP contribution in [0.5, 0.6) is 0 Å². The summed E-state index contributed by atoms with van der Waals surface area (Å²) in [5.74, 6) is 0.962. The van der Waals surface area contributed by atoms with E-state index >= 15 is 0 Å². The van der Waals surface area contributed by atoms with Crippen LogP contribution in [0.2, 0.25) is 0 Å². The SMILES string of the molecule is CC[C@H](c1ccc(C#N)cn1)n1c(N2CCCC(N)C2)nc2ccccc21.Cl. The van der Waals surface area contributed by atoms with Gasteiger partial charge in [0.05, 0.1) is 28.3 Å². The summed E-state index contributed by atoms with van der Waals surface area (Å²) < 4.78 is 2.29. The molecule has 1 aromatic carbocycles. The van der Waals surface area contributed by atoms with Gasteiger partial charge in [-0.25, -0.2) is 4.98 Å². The van der Waals surface area contributed by atoms with Crippen molar-refractivity contribution >= 4 is 29.4 Å². The molecule has 0 spiro atoms. The Kier molecular flexibility index (Phi) is 6.18. The van der Waals surface area contributed by atoms with Gasteiger partial charge in [-0.15, -0.1) is 12.4 Å². The molecular weight excluding hydrogens is 372 g/mol. The van der Waals surface area contributed by atoms with Crippen LogP contribution in [-0.4, -0.2) is 33.7 Å². The summed E-state index contributed by atoms with van der Waals surface area (Å²) in [4.78, 5) is 11.8. The van der Waals surface area contributed by atoms with E-state index in [1.807, 2.05) is 24.3 Å². The third-order valence-electron chi connectivity index (χ3n) is 5.27. The van der Waals surface area contributed by atoms with E-state index in [-0.39, 0.29) is 24.5 Å². The van der Waals surface area contributed by atoms with E-state index in [0.717, 1.165) is 55.0 Å². The number of nitriles is 1. The molecule has 1 aliphatic rings. The minimum atomic E-state index is 0. The molecule has 2 aromatic heterocycles. The molecule has 0 radical (unpaired) electrons. The highest BCUT2D eigenvalue weighted by atomic mass is 35.5. The van der Waals surface area contributed by atoms with Gasteiger partial charge in [-0.2, -0.15) is 5.26 Å². The smallest absolute Gasteiger partial charge is 0.207 e. The molecule has 0 saturated carbocycles. The number of nitrogens with two attached hydrogens (primary N) is 1. The van der Waals surface area contributed by atoms with Crippen LogP contribution < -0.4 is 10.6 Å². The average Bonchev–Trinajstić information content (AvgIpc) is 3.09. The summed E-state index contributed by atoms with van der Waals surface area (Å²) in [5, 5.41) is 9.07. The highest BCUT2D eigenvalue weighted by Crippen LogP contribution is 2.33. The third-order valence-corrected chi connectivity index (χ3v) is 5.27. The van der Waals surface area contributed by atoms with Crippen molar-refractivity contribution in [3.05, 3.63) is 53.9 Å². The summed E-state index contributed by atoms with van der Waals surface area (Å²) in [6.07, 6.45) is 4.67. The molecule has 0 bridgehead atoms. The van der Waals surface area contributed by atoms with Crippen LogP contribution in [0.15, 0.2) is 42.6 Å². The van der Waals surface area contributed by atoms with Crippen LogP contribution in [0.4, 0.5) is 5.95 Å². The van der Waals surface area contributed by atoms with Crippen molar-refractivity contribution in [1.82, 2.24) is 14.5 Å². The molecular formula is C21H25ClN6. The number of rotatable bonds is 4. The van der Waals surface area contributed by atoms with E-state index in [1.54, 1.807) is 6.20 Å². The lowest BCUT2D eigenvalue weighted by Crippen LogP contribution is -2.44. The van der Waals surface area contributed by atoms with Crippen molar-refractivity contribution in [3.63, 3.8) is 0 Å². The Bertz CT molecular complexity index is 975. The maximum absolute atomic E-state index is 9.07. The van der Waals surface area contributed by atoms with Crippen LogP contribution >= 0.6 is 12.4 Å². The van der Waals surface area contributed by atoms with E-state index in [2.05, 4.69) is 39.6 Å². The largest absolute Gasteiger partial charge is 0.341 e. The number of anilines is 1. The van der Waals surface area contributed by atoms with Gasteiger partial charge in [-0.3, -0.25) is 4.98 Å². The summed E-state index contributed by atoms with van der Waals surface area (Å²) in [7, 11) is 0. The predicted octanol–water partition coefficient (Wildman–Crippen LogP) is 3.65. The van der Waals surface area contributed by atoms with Gasteiger partial charge in [-0.05, 0) is 43.5 Å². The van der Waals surface area contributed by atoms with Gasteiger partial charge in [0.25, 0.3) is 0 Å². The number of pyridine rings is 1. The highest BCUT2D eigenvalue weighted by Gasteiger charge is 2.26. The number of imidazole rings is 1. The Morgan fingerprint density at radius 1 is 1.29 bits per heavy atom. The summed E-state index contributed by atoms with van der Waals surface area (Å²) in [6, 6.07) is 14.4. The van der Waals surface area contributed by atoms with Crippen molar-refractivity contribution < 1.29 is 0 Å². The molecule has 2 atom stereocenters. The zero-order valence-electron chi connectivity index (χ0n) is 16.0. The first kappa shape index (κ1) is 20.1. The Morgan fingerprint density at radius 2 is 2.11 bits per heavy atom. The van der Waals surface area contributed by atoms with Crippen LogP contribution in [0.25, 0.3) is 11.0 Å². The quantitative estimate of drug-likeness (QED) is 0.727. The second-order valence-corrected chi connectivity index (χ2v) is 7.13. The number of fused-ring (bicyclic) bond motifs is 1. The molecule has 1 fully saturated rings. The summed E-state index contributed by atoms with van der Waals surface area (Å²) >= 11 is 0. The van der Waals surface area contributed by atoms with E-state index < -0.39 is 0 Å². The van der Waals surface area contributed by atoms with Gasteiger partial charge in [0.2, 0.25) is 5.95 Å². The first-order valence-electron chi connectivity index (χ1n) is 9.54. The standard InChI is InChI=1S/C21H24N6.ClH/c1-2-19(17-10-9-15(12-22)13-24-17)27-20-8-4-3-7-18(20)25-21(27)26-11-5-6-16(23)14-26;/h3-4,7-10,13,16,19H,2,5-6,11,14,23H2,1H3;1H/t16?,19-;/m1./s1. The Balaban J connectivity index is 0.00000225. The normalized spacial score (nSPS) is 17.8. The van der Waals surface area contributed by atoms with Crippen LogP contribution in [0, 0.1) is 11.3 Å². The summed E-state index contributed by atoms with van der Waals surface area (Å²) in [6.45, 7) is 3.94. The number of piperidine rings is 1. The molecule has 1 saturated heterocycles. The molecule has 0 amide bonds. The predicted molar refractivity (Wildman–Crippen MR) is 114 cm³/mol. The maximum atomic E-state index is 9.07. The second-order valence-electron chi connectivity index (χ2n) is 7.13. The zero-order chi connectivity index (χ0) is 18.8. The first-order valence-corrected chi connectivity index (χ1v) is 9.54. The van der Waals surface area contributed by atoms with Crippen LogP contribution in [0.1, 0.15) is 43.5 Å². The van der Waals surface area contributed by atoms with Crippen molar-refractivity contribution in [2.24, 2.45) is 5.73 Å². The van der Waals surface area contributed by atoms with Crippen molar-refractivity contribution in [3.8, 4) is 6.07 Å². The monoisotopic (exact) mass is 396 g/mol. The van der Waals surface area contributed by atoms with Crippen LogP contribution in [-0.2, 0) is 0 Å². The molecule has 3 aromatic rings. The number of aromatic nitrogens is 3. The molecule has 2 N–H and O–H groups in total. The molecule has 146 valence electrons. The van der Waals surface area contributed by atoms with Crippen molar-refractivity contribution in [2.45, 2.75) is 38.3 Å². The molecule has 4 rings (SSSR count).